The molecular weight excluding hydrogens is 1090 g/mol. The van der Waals surface area contributed by atoms with E-state index in [1.807, 2.05) is 24.8 Å². The second-order valence-electron chi connectivity index (χ2n) is 26.3. The Labute approximate surface area is 534 Å². The van der Waals surface area contributed by atoms with Gasteiger partial charge in [-0.1, -0.05) is 101 Å². The molecule has 0 aliphatic carbocycles. The molecule has 16 nitrogen and oxygen atoms in total. The van der Waals surface area contributed by atoms with E-state index in [4.69, 9.17) is 9.84 Å². The van der Waals surface area contributed by atoms with E-state index in [1.54, 1.807) is 7.11 Å². The molecule has 10 rings (SSSR count). The van der Waals surface area contributed by atoms with Gasteiger partial charge in [0.2, 0.25) is 0 Å². The van der Waals surface area contributed by atoms with Crippen molar-refractivity contribution in [3.8, 4) is 5.75 Å². The molecule has 0 atom stereocenters. The molecule has 488 valence electrons. The number of aliphatic hydroxyl groups excluding tert-OH is 1. The van der Waals surface area contributed by atoms with Crippen LogP contribution in [0.15, 0.2) is 91.5 Å². The first-order valence-electron chi connectivity index (χ1n) is 33.8. The van der Waals surface area contributed by atoms with E-state index in [1.165, 1.54) is 59.1 Å². The van der Waals surface area contributed by atoms with Crippen LogP contribution in [-0.2, 0) is 0 Å². The van der Waals surface area contributed by atoms with Gasteiger partial charge in [0.05, 0.1) is 37.5 Å². The van der Waals surface area contributed by atoms with Crippen molar-refractivity contribution in [2.24, 2.45) is 0 Å². The van der Waals surface area contributed by atoms with Gasteiger partial charge in [-0.2, -0.15) is 0 Å². The van der Waals surface area contributed by atoms with Crippen molar-refractivity contribution in [3.05, 3.63) is 120 Å². The molecule has 0 amide bonds. The predicted molar refractivity (Wildman–Crippen MR) is 373 cm³/mol. The summed E-state index contributed by atoms with van der Waals surface area (Å²) in [5, 5.41) is 8.92. The van der Waals surface area contributed by atoms with E-state index in [2.05, 4.69) is 240 Å². The zero-order valence-corrected chi connectivity index (χ0v) is 57.7. The summed E-state index contributed by atoms with van der Waals surface area (Å²) in [6.45, 7) is 56.4. The molecule has 5 saturated heterocycles. The van der Waals surface area contributed by atoms with Crippen LogP contribution in [0.4, 0.5) is 28.7 Å². The Kier molecular flexibility index (Phi) is 30.0. The zero-order valence-electron chi connectivity index (χ0n) is 57.7. The number of ether oxygens (including phenoxy) is 1. The third-order valence-electron chi connectivity index (χ3n) is 18.2. The van der Waals surface area contributed by atoms with E-state index in [0.29, 0.717) is 35.6 Å². The van der Waals surface area contributed by atoms with Crippen LogP contribution in [0.1, 0.15) is 155 Å². The van der Waals surface area contributed by atoms with Crippen LogP contribution in [0.25, 0.3) is 0 Å². The SMILES string of the molecule is CC(C)c1ccc(N2CCN(C(C)C)CC2)nc1.CC(C)c1ccc(N2CCN(C)CC2)nc1.CC(C)c1ccc(N2CCN(CCO)CC2)cn1.CCN1CCN(c2ccc(C(C)C)c(OC)c2)CC1.CCN1CCN(c2ccc(C(C)C)nc2)CC1. The highest BCUT2D eigenvalue weighted by atomic mass is 16.5. The van der Waals surface area contributed by atoms with Crippen LogP contribution in [-0.4, -0.2) is 227 Å². The number of piperazine rings is 5. The number of rotatable bonds is 16. The van der Waals surface area contributed by atoms with Crippen molar-refractivity contribution in [2.45, 2.75) is 133 Å². The summed E-state index contributed by atoms with van der Waals surface area (Å²) >= 11 is 0. The van der Waals surface area contributed by atoms with Gasteiger partial charge in [-0.25, -0.2) is 9.97 Å². The van der Waals surface area contributed by atoms with E-state index in [0.717, 1.165) is 154 Å². The van der Waals surface area contributed by atoms with E-state index in [-0.39, 0.29) is 6.61 Å². The lowest BCUT2D eigenvalue weighted by Crippen LogP contribution is -2.49. The summed E-state index contributed by atoms with van der Waals surface area (Å²) in [7, 11) is 3.94. The highest BCUT2D eigenvalue weighted by Gasteiger charge is 2.23. The lowest BCUT2D eigenvalue weighted by atomic mass is 10.0. The minimum absolute atomic E-state index is 0.255. The largest absolute Gasteiger partial charge is 0.496 e. The maximum Gasteiger partial charge on any atom is 0.128 e. The van der Waals surface area contributed by atoms with Crippen molar-refractivity contribution in [1.29, 1.82) is 0 Å². The Balaban J connectivity index is 0.000000176. The predicted octanol–water partition coefficient (Wildman–Crippen LogP) is 11.3. The molecule has 0 bridgehead atoms. The van der Waals surface area contributed by atoms with Crippen molar-refractivity contribution >= 4 is 28.7 Å². The molecule has 1 aromatic carbocycles. The van der Waals surface area contributed by atoms with Gasteiger partial charge in [-0.3, -0.25) is 19.8 Å². The third kappa shape index (κ3) is 22.4. The molecule has 5 aliphatic heterocycles. The molecule has 0 spiro atoms. The number of hydrogen-bond acceptors (Lipinski definition) is 16. The first-order chi connectivity index (χ1) is 42.3. The lowest BCUT2D eigenvalue weighted by Gasteiger charge is -2.37. The smallest absolute Gasteiger partial charge is 0.128 e. The number of likely N-dealkylation sites (N-methyl/N-ethyl adjacent to an activating group) is 3. The molecule has 16 heteroatoms. The Morgan fingerprint density at radius 1 is 0.409 bits per heavy atom. The molecule has 9 heterocycles. The molecule has 5 aromatic rings. The second kappa shape index (κ2) is 36.9. The van der Waals surface area contributed by atoms with Gasteiger partial charge in [-0.15, -0.1) is 0 Å². The minimum atomic E-state index is 0.255. The molecule has 4 aromatic heterocycles. The normalized spacial score (nSPS) is 17.6. The Morgan fingerprint density at radius 3 is 1.14 bits per heavy atom. The first kappa shape index (κ1) is 71.5. The maximum absolute atomic E-state index is 8.92. The quantitative estimate of drug-likeness (QED) is 0.101. The van der Waals surface area contributed by atoms with Gasteiger partial charge >= 0.3 is 0 Å². The number of anilines is 5. The standard InChI is InChI=1S/C16H26N2O.C15H25N3.C14H23N3O.C14H23N3.C13H21N3/c1-5-17-8-10-18(11-9-17)14-6-7-15(13(2)3)16(12-14)19-4;1-12(2)14-5-6-15(16-11-14)18-9-7-17(8-10-18)13(3)4;1-12(2)14-4-3-13(11-15-14)17-7-5-16(6-8-17)9-10-18;1-4-16-7-9-17(10-8-16)13-5-6-14(12(2)3)15-11-13;1-11(2)12-4-5-13(14-10-12)16-8-6-15(3)7-9-16/h6-7,12-13H,5,8-11H2,1-4H3;5-6,11-13H,7-10H2,1-4H3;3-4,11-12,18H,5-10H2,1-2H3;5-6,11-12H,4,7-10H2,1-3H3;4-5,10-11H,6-9H2,1-3H3. The lowest BCUT2D eigenvalue weighted by molar-refractivity contribution is 0.189. The summed E-state index contributed by atoms with van der Waals surface area (Å²) in [6, 6.07) is 24.7. The number of benzene rings is 1. The monoisotopic (exact) mass is 1210 g/mol. The van der Waals surface area contributed by atoms with E-state index >= 15 is 0 Å². The van der Waals surface area contributed by atoms with E-state index < -0.39 is 0 Å². The number of β-amino-alcohol motifs (C(OH)–C–C–N with tert-alkyl or cyclic N) is 1. The first-order valence-corrected chi connectivity index (χ1v) is 33.8. The number of nitrogens with zero attached hydrogens (tertiary/aromatic N) is 14. The van der Waals surface area contributed by atoms with Crippen molar-refractivity contribution < 1.29 is 9.84 Å². The Bertz CT molecular complexity index is 2650. The van der Waals surface area contributed by atoms with Gasteiger partial charge in [0.1, 0.15) is 17.4 Å². The average Bonchev–Trinajstić information content (AvgIpc) is 3.73. The zero-order chi connectivity index (χ0) is 63.7. The van der Waals surface area contributed by atoms with Gasteiger partial charge < -0.3 is 49.0 Å². The topological polar surface area (TPSA) is 113 Å². The summed E-state index contributed by atoms with van der Waals surface area (Å²) < 4.78 is 5.54. The van der Waals surface area contributed by atoms with Crippen molar-refractivity contribution in [1.82, 2.24) is 44.4 Å². The Morgan fingerprint density at radius 2 is 0.807 bits per heavy atom. The third-order valence-corrected chi connectivity index (χ3v) is 18.2. The van der Waals surface area contributed by atoms with Crippen LogP contribution in [0, 0.1) is 0 Å². The molecule has 5 fully saturated rings. The maximum atomic E-state index is 8.92. The molecule has 0 radical (unpaired) electrons. The van der Waals surface area contributed by atoms with Crippen LogP contribution in [0.3, 0.4) is 0 Å². The van der Waals surface area contributed by atoms with Crippen LogP contribution in [0.2, 0.25) is 0 Å². The highest BCUT2D eigenvalue weighted by Crippen LogP contribution is 2.32. The fraction of sp³-hybridized carbons (Fsp3) is 0.639. The summed E-state index contributed by atoms with van der Waals surface area (Å²) in [4.78, 5) is 42.4. The Hall–Kier alpha value is -5.62. The van der Waals surface area contributed by atoms with Gasteiger partial charge in [0, 0.05) is 179 Å². The fourth-order valence-corrected chi connectivity index (χ4v) is 11.6. The molecule has 0 saturated carbocycles. The van der Waals surface area contributed by atoms with Crippen molar-refractivity contribution in [3.63, 3.8) is 0 Å². The summed E-state index contributed by atoms with van der Waals surface area (Å²) in [5.74, 6) is 5.89. The van der Waals surface area contributed by atoms with Gasteiger partial charge in [0.25, 0.3) is 0 Å². The summed E-state index contributed by atoms with van der Waals surface area (Å²) in [6.07, 6.45) is 8.04. The number of pyridine rings is 4. The molecule has 88 heavy (non-hydrogen) atoms. The number of hydrogen-bond donors (Lipinski definition) is 1. The summed E-state index contributed by atoms with van der Waals surface area (Å²) in [5.41, 5.74) is 10.0. The molecule has 5 aliphatic rings. The van der Waals surface area contributed by atoms with Crippen LogP contribution < -0.4 is 29.2 Å². The second-order valence-corrected chi connectivity index (χ2v) is 26.3. The van der Waals surface area contributed by atoms with Crippen LogP contribution >= 0.6 is 0 Å². The minimum Gasteiger partial charge on any atom is -0.496 e. The number of aliphatic hydroxyl groups is 1. The average molecular weight is 1210 g/mol. The van der Waals surface area contributed by atoms with Gasteiger partial charge in [0.15, 0.2) is 0 Å². The number of methoxy groups -OCH3 is 1. The van der Waals surface area contributed by atoms with Crippen LogP contribution in [0.5, 0.6) is 5.75 Å². The highest BCUT2D eigenvalue weighted by molar-refractivity contribution is 5.55. The van der Waals surface area contributed by atoms with E-state index in [9.17, 15) is 0 Å². The molecule has 0 unspecified atom stereocenters. The number of aromatic nitrogens is 4. The fourth-order valence-electron chi connectivity index (χ4n) is 11.6. The van der Waals surface area contributed by atoms with Gasteiger partial charge in [-0.05, 0) is 123 Å². The molecule has 1 N–H and O–H groups in total. The van der Waals surface area contributed by atoms with Crippen molar-refractivity contribution in [2.75, 3.05) is 196 Å². The molecular formula is C72H118N14O2.